The van der Waals surface area contributed by atoms with E-state index in [2.05, 4.69) is 86.8 Å². The number of hydrogen-bond donors (Lipinski definition) is 2. The highest BCUT2D eigenvalue weighted by Gasteiger charge is 2.14. The van der Waals surface area contributed by atoms with Crippen LogP contribution in [0.3, 0.4) is 0 Å². The molecule has 3 heteroatoms. The number of nitrogens with one attached hydrogen (secondary N) is 1. The summed E-state index contributed by atoms with van der Waals surface area (Å²) in [6.07, 6.45) is 0. The Kier molecular flexibility index (Phi) is 5.86. The molecule has 0 heterocycles. The van der Waals surface area contributed by atoms with Gasteiger partial charge in [0.2, 0.25) is 0 Å². The number of rotatable bonds is 5. The fourth-order valence-corrected chi connectivity index (χ4v) is 4.20. The zero-order valence-electron chi connectivity index (χ0n) is 19.1. The number of carboxylic acids is 1. The van der Waals surface area contributed by atoms with Gasteiger partial charge in [-0.2, -0.15) is 0 Å². The summed E-state index contributed by atoms with van der Waals surface area (Å²) in [6, 6.07) is 27.1. The molecule has 0 bridgehead atoms. The van der Waals surface area contributed by atoms with E-state index in [4.69, 9.17) is 0 Å². The Balaban J connectivity index is 1.78. The van der Waals surface area contributed by atoms with Crippen LogP contribution in [0.1, 0.15) is 42.3 Å². The molecule has 4 aromatic carbocycles. The molecule has 0 amide bonds. The van der Waals surface area contributed by atoms with Crippen molar-refractivity contribution in [3.63, 3.8) is 0 Å². The van der Waals surface area contributed by atoms with Crippen LogP contribution in [0.4, 0.5) is 0 Å². The average molecular weight is 424 g/mol. The molecule has 4 aromatic rings. The predicted molar refractivity (Wildman–Crippen MR) is 133 cm³/mol. The van der Waals surface area contributed by atoms with Gasteiger partial charge in [0.05, 0.1) is 5.56 Å². The molecule has 32 heavy (non-hydrogen) atoms. The first-order chi connectivity index (χ1) is 15.3. The zero-order valence-corrected chi connectivity index (χ0v) is 19.1. The molecule has 0 saturated carbocycles. The monoisotopic (exact) mass is 423 g/mol. The molecular formula is C29H29NO2. The Morgan fingerprint density at radius 1 is 0.844 bits per heavy atom. The minimum Gasteiger partial charge on any atom is -0.478 e. The van der Waals surface area contributed by atoms with Crippen molar-refractivity contribution in [2.24, 2.45) is 0 Å². The molecule has 0 aliphatic heterocycles. The molecule has 0 radical (unpaired) electrons. The number of benzene rings is 4. The van der Waals surface area contributed by atoms with E-state index < -0.39 is 5.97 Å². The number of hydrogen-bond acceptors (Lipinski definition) is 2. The molecule has 2 N–H and O–H groups in total. The van der Waals surface area contributed by atoms with E-state index in [1.54, 1.807) is 12.1 Å². The molecule has 0 aliphatic carbocycles. The van der Waals surface area contributed by atoms with Gasteiger partial charge in [-0.25, -0.2) is 4.79 Å². The Morgan fingerprint density at radius 3 is 2.22 bits per heavy atom. The Morgan fingerprint density at radius 2 is 1.56 bits per heavy atom. The highest BCUT2D eigenvalue weighted by atomic mass is 16.4. The molecule has 0 unspecified atom stereocenters. The molecular weight excluding hydrogens is 394 g/mol. The molecule has 0 spiro atoms. The smallest absolute Gasteiger partial charge is 0.335 e. The second-order valence-corrected chi connectivity index (χ2v) is 9.28. The van der Waals surface area contributed by atoms with E-state index in [9.17, 15) is 9.90 Å². The molecule has 0 aliphatic rings. The lowest BCUT2D eigenvalue weighted by atomic mass is 9.86. The zero-order chi connectivity index (χ0) is 22.9. The molecule has 162 valence electrons. The van der Waals surface area contributed by atoms with E-state index in [1.165, 1.54) is 22.1 Å². The summed E-state index contributed by atoms with van der Waals surface area (Å²) in [6.45, 7) is 7.29. The van der Waals surface area contributed by atoms with Crippen LogP contribution in [0.2, 0.25) is 0 Å². The number of fused-ring (bicyclic) bond motifs is 1. The van der Waals surface area contributed by atoms with Gasteiger partial charge in [0.15, 0.2) is 0 Å². The SMILES string of the molecule is CNCc1cc(C(=O)O)ccc1-c1ccc2c(-c3ccc(C(C)(C)C)cc3)cccc2c1. The van der Waals surface area contributed by atoms with Crippen molar-refractivity contribution in [3.05, 3.63) is 95.6 Å². The van der Waals surface area contributed by atoms with Crippen LogP contribution >= 0.6 is 0 Å². The van der Waals surface area contributed by atoms with Crippen molar-refractivity contribution >= 4 is 16.7 Å². The maximum absolute atomic E-state index is 11.4. The van der Waals surface area contributed by atoms with Gasteiger partial charge in [0, 0.05) is 6.54 Å². The summed E-state index contributed by atoms with van der Waals surface area (Å²) < 4.78 is 0. The van der Waals surface area contributed by atoms with E-state index in [1.807, 2.05) is 13.1 Å². The summed E-state index contributed by atoms with van der Waals surface area (Å²) in [5.74, 6) is -0.908. The second-order valence-electron chi connectivity index (χ2n) is 9.28. The van der Waals surface area contributed by atoms with Crippen molar-refractivity contribution in [1.82, 2.24) is 5.32 Å². The summed E-state index contributed by atoms with van der Waals surface area (Å²) in [4.78, 5) is 11.4. The van der Waals surface area contributed by atoms with Crippen LogP contribution in [0.5, 0.6) is 0 Å². The standard InChI is InChI=1S/C29H29NO2/c1-29(2,3)24-12-8-19(9-13-24)26-7-5-6-20-16-21(10-15-27(20)26)25-14-11-22(28(31)32)17-23(25)18-30-4/h5-17,30H,18H2,1-4H3,(H,31,32). The van der Waals surface area contributed by atoms with Crippen LogP contribution in [-0.4, -0.2) is 18.1 Å². The van der Waals surface area contributed by atoms with Crippen molar-refractivity contribution < 1.29 is 9.90 Å². The van der Waals surface area contributed by atoms with Crippen molar-refractivity contribution in [3.8, 4) is 22.3 Å². The Bertz CT molecular complexity index is 1280. The maximum atomic E-state index is 11.4. The van der Waals surface area contributed by atoms with E-state index >= 15 is 0 Å². The van der Waals surface area contributed by atoms with E-state index in [0.717, 1.165) is 22.1 Å². The topological polar surface area (TPSA) is 49.3 Å². The van der Waals surface area contributed by atoms with Crippen molar-refractivity contribution in [1.29, 1.82) is 0 Å². The third-order valence-corrected chi connectivity index (χ3v) is 5.97. The van der Waals surface area contributed by atoms with Crippen molar-refractivity contribution in [2.75, 3.05) is 7.05 Å². The first-order valence-electron chi connectivity index (χ1n) is 10.9. The van der Waals surface area contributed by atoms with Crippen molar-refractivity contribution in [2.45, 2.75) is 32.7 Å². The summed E-state index contributed by atoms with van der Waals surface area (Å²) in [7, 11) is 1.87. The van der Waals surface area contributed by atoms with Crippen LogP contribution in [-0.2, 0) is 12.0 Å². The molecule has 4 rings (SSSR count). The molecule has 0 aromatic heterocycles. The lowest BCUT2D eigenvalue weighted by Gasteiger charge is -2.19. The van der Waals surface area contributed by atoms with Gasteiger partial charge < -0.3 is 10.4 Å². The van der Waals surface area contributed by atoms with Gasteiger partial charge in [-0.15, -0.1) is 0 Å². The predicted octanol–water partition coefficient (Wildman–Crippen LogP) is 6.89. The Labute approximate surface area is 189 Å². The van der Waals surface area contributed by atoms with Crippen LogP contribution in [0, 0.1) is 0 Å². The van der Waals surface area contributed by atoms with E-state index in [0.29, 0.717) is 12.1 Å². The maximum Gasteiger partial charge on any atom is 0.335 e. The minimum absolute atomic E-state index is 0.132. The first-order valence-corrected chi connectivity index (χ1v) is 10.9. The van der Waals surface area contributed by atoms with E-state index in [-0.39, 0.29) is 5.41 Å². The van der Waals surface area contributed by atoms with Crippen LogP contribution in [0.25, 0.3) is 33.0 Å². The van der Waals surface area contributed by atoms with Gasteiger partial charge in [-0.05, 0) is 74.8 Å². The number of carbonyl (C=O) groups is 1. The van der Waals surface area contributed by atoms with Crippen LogP contribution < -0.4 is 5.32 Å². The lowest BCUT2D eigenvalue weighted by molar-refractivity contribution is 0.0696. The summed E-state index contributed by atoms with van der Waals surface area (Å²) in [5, 5.41) is 14.9. The third kappa shape index (κ3) is 4.30. The quantitative estimate of drug-likeness (QED) is 0.367. The highest BCUT2D eigenvalue weighted by Crippen LogP contribution is 2.34. The van der Waals surface area contributed by atoms with Gasteiger partial charge in [-0.3, -0.25) is 0 Å². The first kappa shape index (κ1) is 21.8. The Hall–Kier alpha value is -3.43. The summed E-state index contributed by atoms with van der Waals surface area (Å²) >= 11 is 0. The molecule has 3 nitrogen and oxygen atoms in total. The molecule has 0 saturated heterocycles. The normalized spacial score (nSPS) is 11.6. The number of aromatic carboxylic acids is 1. The lowest BCUT2D eigenvalue weighted by Crippen LogP contribution is -2.10. The molecule has 0 fully saturated rings. The fraction of sp³-hybridized carbons (Fsp3) is 0.207. The molecule has 0 atom stereocenters. The third-order valence-electron chi connectivity index (χ3n) is 5.97. The average Bonchev–Trinajstić information content (AvgIpc) is 2.78. The summed E-state index contributed by atoms with van der Waals surface area (Å²) in [5.41, 5.74) is 7.29. The largest absolute Gasteiger partial charge is 0.478 e. The van der Waals surface area contributed by atoms with Crippen LogP contribution in [0.15, 0.2) is 78.9 Å². The van der Waals surface area contributed by atoms with Gasteiger partial charge in [0.25, 0.3) is 0 Å². The number of carboxylic acid groups (broad SMARTS) is 1. The van der Waals surface area contributed by atoms with Gasteiger partial charge in [-0.1, -0.05) is 81.4 Å². The van der Waals surface area contributed by atoms with Gasteiger partial charge >= 0.3 is 5.97 Å². The second kappa shape index (κ2) is 8.60. The highest BCUT2D eigenvalue weighted by molar-refractivity contribution is 5.99. The van der Waals surface area contributed by atoms with Gasteiger partial charge in [0.1, 0.15) is 0 Å². The minimum atomic E-state index is -0.908. The fourth-order valence-electron chi connectivity index (χ4n) is 4.20.